The van der Waals surface area contributed by atoms with Gasteiger partial charge in [0.2, 0.25) is 11.5 Å². The molecule has 0 radical (unpaired) electrons. The molecular formula is C9H12O3. The molecule has 0 amide bonds. The van der Waals surface area contributed by atoms with Crippen LogP contribution in [0.1, 0.15) is 13.3 Å². The van der Waals surface area contributed by atoms with Gasteiger partial charge in [0.1, 0.15) is 5.76 Å². The minimum absolute atomic E-state index is 0.0828. The molecule has 12 heavy (non-hydrogen) atoms. The summed E-state index contributed by atoms with van der Waals surface area (Å²) in [5.74, 6) is 0.853. The predicted octanol–water partition coefficient (Wildman–Crippen LogP) is 1.41. The van der Waals surface area contributed by atoms with Crippen LogP contribution in [0.2, 0.25) is 0 Å². The number of methoxy groups -OCH3 is 2. The van der Waals surface area contributed by atoms with Gasteiger partial charge in [0, 0.05) is 6.42 Å². The Morgan fingerprint density at radius 2 is 2.00 bits per heavy atom. The van der Waals surface area contributed by atoms with Crippen molar-refractivity contribution < 1.29 is 14.3 Å². The van der Waals surface area contributed by atoms with E-state index in [0.29, 0.717) is 23.5 Å². The number of allylic oxidation sites excluding steroid dienone is 2. The van der Waals surface area contributed by atoms with Gasteiger partial charge in [-0.15, -0.1) is 0 Å². The Morgan fingerprint density at radius 1 is 1.33 bits per heavy atom. The highest BCUT2D eigenvalue weighted by atomic mass is 16.5. The predicted molar refractivity (Wildman–Crippen MR) is 44.4 cm³/mol. The second kappa shape index (κ2) is 3.43. The fourth-order valence-corrected chi connectivity index (χ4v) is 1.12. The second-order valence-electron chi connectivity index (χ2n) is 2.58. The highest BCUT2D eigenvalue weighted by Crippen LogP contribution is 2.21. The molecule has 1 aliphatic rings. The molecule has 0 aromatic rings. The maximum absolute atomic E-state index is 11.4. The summed E-state index contributed by atoms with van der Waals surface area (Å²) in [6.07, 6.45) is 2.47. The average Bonchev–Trinajstić information content (AvgIpc) is 2.09. The van der Waals surface area contributed by atoms with E-state index in [1.807, 2.05) is 6.08 Å². The van der Waals surface area contributed by atoms with Crippen molar-refractivity contribution in [2.75, 3.05) is 14.2 Å². The Hall–Kier alpha value is -1.25. The summed E-state index contributed by atoms with van der Waals surface area (Å²) in [6.45, 7) is 1.77. The minimum atomic E-state index is -0.0828. The van der Waals surface area contributed by atoms with Crippen LogP contribution in [0.15, 0.2) is 23.2 Å². The molecular weight excluding hydrogens is 156 g/mol. The second-order valence-corrected chi connectivity index (χ2v) is 2.58. The van der Waals surface area contributed by atoms with Crippen LogP contribution in [-0.4, -0.2) is 20.0 Å². The van der Waals surface area contributed by atoms with Crippen LogP contribution in [0.5, 0.6) is 0 Å². The first kappa shape index (κ1) is 8.84. The SMILES string of the molecule is COC1=C(OC)C(=O)C(C)=CC1. The lowest BCUT2D eigenvalue weighted by Gasteiger charge is -2.15. The zero-order valence-corrected chi connectivity index (χ0v) is 7.51. The number of carbonyl (C=O) groups excluding carboxylic acids is 1. The van der Waals surface area contributed by atoms with Gasteiger partial charge in [0.15, 0.2) is 0 Å². The highest BCUT2D eigenvalue weighted by Gasteiger charge is 2.22. The Balaban J connectivity index is 2.97. The van der Waals surface area contributed by atoms with Crippen LogP contribution in [-0.2, 0) is 14.3 Å². The molecule has 0 aromatic carbocycles. The number of hydrogen-bond donors (Lipinski definition) is 0. The summed E-state index contributed by atoms with van der Waals surface area (Å²) in [4.78, 5) is 11.4. The van der Waals surface area contributed by atoms with Gasteiger partial charge in [0.05, 0.1) is 14.2 Å². The molecule has 1 rings (SSSR count). The molecule has 0 saturated heterocycles. The fraction of sp³-hybridized carbons (Fsp3) is 0.444. The summed E-state index contributed by atoms with van der Waals surface area (Å²) < 4.78 is 9.94. The lowest BCUT2D eigenvalue weighted by atomic mass is 10.0. The van der Waals surface area contributed by atoms with Gasteiger partial charge in [-0.25, -0.2) is 0 Å². The number of rotatable bonds is 2. The molecule has 0 aliphatic heterocycles. The van der Waals surface area contributed by atoms with Gasteiger partial charge in [0.25, 0.3) is 0 Å². The molecule has 1 aliphatic carbocycles. The molecule has 0 N–H and O–H groups in total. The molecule has 0 atom stereocenters. The molecule has 3 nitrogen and oxygen atoms in total. The maximum atomic E-state index is 11.4. The molecule has 0 fully saturated rings. The molecule has 0 heterocycles. The Kier molecular flexibility index (Phi) is 2.53. The topological polar surface area (TPSA) is 35.5 Å². The van der Waals surface area contributed by atoms with Gasteiger partial charge in [-0.05, 0) is 12.5 Å². The monoisotopic (exact) mass is 168 g/mol. The third-order valence-electron chi connectivity index (χ3n) is 1.86. The number of Topliss-reactive ketones (excluding diaryl/α,β-unsaturated/α-hetero) is 1. The van der Waals surface area contributed by atoms with Crippen LogP contribution in [0.25, 0.3) is 0 Å². The first-order valence-corrected chi connectivity index (χ1v) is 3.73. The van der Waals surface area contributed by atoms with Gasteiger partial charge >= 0.3 is 0 Å². The van der Waals surface area contributed by atoms with Gasteiger partial charge < -0.3 is 9.47 Å². The minimum Gasteiger partial charge on any atom is -0.497 e. The number of hydrogen-bond acceptors (Lipinski definition) is 3. The number of ketones is 1. The number of carbonyl (C=O) groups is 1. The van der Waals surface area contributed by atoms with Crippen LogP contribution in [0, 0.1) is 0 Å². The quantitative estimate of drug-likeness (QED) is 0.625. The van der Waals surface area contributed by atoms with E-state index >= 15 is 0 Å². The van der Waals surface area contributed by atoms with Crippen LogP contribution in [0.3, 0.4) is 0 Å². The van der Waals surface area contributed by atoms with E-state index in [4.69, 9.17) is 9.47 Å². The van der Waals surface area contributed by atoms with E-state index in [2.05, 4.69) is 0 Å². The van der Waals surface area contributed by atoms with Crippen molar-refractivity contribution >= 4 is 5.78 Å². The molecule has 0 aromatic heterocycles. The normalized spacial score (nSPS) is 17.6. The zero-order chi connectivity index (χ0) is 9.14. The summed E-state index contributed by atoms with van der Waals surface area (Å²) in [6, 6.07) is 0. The van der Waals surface area contributed by atoms with Gasteiger partial charge in [-0.1, -0.05) is 6.08 Å². The van der Waals surface area contributed by atoms with E-state index in [0.717, 1.165) is 0 Å². The van der Waals surface area contributed by atoms with E-state index in [9.17, 15) is 4.79 Å². The van der Waals surface area contributed by atoms with Crippen molar-refractivity contribution in [3.05, 3.63) is 23.2 Å². The number of ether oxygens (including phenoxy) is 2. The van der Waals surface area contributed by atoms with Crippen molar-refractivity contribution in [1.82, 2.24) is 0 Å². The van der Waals surface area contributed by atoms with Crippen molar-refractivity contribution in [2.24, 2.45) is 0 Å². The maximum Gasteiger partial charge on any atom is 0.226 e. The molecule has 0 saturated carbocycles. The summed E-state index contributed by atoms with van der Waals surface area (Å²) >= 11 is 0. The summed E-state index contributed by atoms with van der Waals surface area (Å²) in [5, 5.41) is 0. The van der Waals surface area contributed by atoms with E-state index in [1.54, 1.807) is 6.92 Å². The fourth-order valence-electron chi connectivity index (χ4n) is 1.12. The highest BCUT2D eigenvalue weighted by molar-refractivity contribution is 6.07. The summed E-state index contributed by atoms with van der Waals surface area (Å²) in [7, 11) is 3.01. The largest absolute Gasteiger partial charge is 0.497 e. The van der Waals surface area contributed by atoms with Crippen molar-refractivity contribution in [3.8, 4) is 0 Å². The molecule has 0 spiro atoms. The van der Waals surface area contributed by atoms with Crippen LogP contribution in [0.4, 0.5) is 0 Å². The van der Waals surface area contributed by atoms with Crippen LogP contribution >= 0.6 is 0 Å². The first-order chi connectivity index (χ1) is 5.70. The molecule has 0 bridgehead atoms. The van der Waals surface area contributed by atoms with Crippen molar-refractivity contribution in [1.29, 1.82) is 0 Å². The van der Waals surface area contributed by atoms with Gasteiger partial charge in [-0.3, -0.25) is 4.79 Å². The standard InChI is InChI=1S/C9H12O3/c1-6-4-5-7(11-2)9(12-3)8(6)10/h4H,5H2,1-3H3. The van der Waals surface area contributed by atoms with Gasteiger partial charge in [-0.2, -0.15) is 0 Å². The van der Waals surface area contributed by atoms with Crippen molar-refractivity contribution in [2.45, 2.75) is 13.3 Å². The van der Waals surface area contributed by atoms with Crippen molar-refractivity contribution in [3.63, 3.8) is 0 Å². The third-order valence-corrected chi connectivity index (χ3v) is 1.86. The van der Waals surface area contributed by atoms with E-state index < -0.39 is 0 Å². The average molecular weight is 168 g/mol. The lowest BCUT2D eigenvalue weighted by molar-refractivity contribution is -0.115. The summed E-state index contributed by atoms with van der Waals surface area (Å²) in [5.41, 5.74) is 0.715. The van der Waals surface area contributed by atoms with E-state index in [1.165, 1.54) is 14.2 Å². The smallest absolute Gasteiger partial charge is 0.226 e. The Morgan fingerprint density at radius 3 is 2.50 bits per heavy atom. The lowest BCUT2D eigenvalue weighted by Crippen LogP contribution is -2.13. The third kappa shape index (κ3) is 1.35. The first-order valence-electron chi connectivity index (χ1n) is 3.73. The molecule has 0 unspecified atom stereocenters. The zero-order valence-electron chi connectivity index (χ0n) is 7.51. The Labute approximate surface area is 71.7 Å². The van der Waals surface area contributed by atoms with Crippen LogP contribution < -0.4 is 0 Å². The van der Waals surface area contributed by atoms with E-state index in [-0.39, 0.29) is 5.78 Å². The molecule has 3 heteroatoms. The molecule has 66 valence electrons. The Bertz CT molecular complexity index is 261.